The highest BCUT2D eigenvalue weighted by Crippen LogP contribution is 2.37. The Morgan fingerprint density at radius 1 is 0.868 bits per heavy atom. The number of rotatable bonds is 8. The van der Waals surface area contributed by atoms with E-state index in [0.717, 1.165) is 24.0 Å². The Labute approximate surface area is 213 Å². The number of H-pyrrole nitrogens is 1. The molecule has 0 aliphatic rings. The van der Waals surface area contributed by atoms with Crippen LogP contribution in [0.15, 0.2) is 61.1 Å². The van der Waals surface area contributed by atoms with E-state index < -0.39 is 23.6 Å². The molecule has 0 saturated heterocycles. The molecule has 0 atom stereocenters. The molecule has 3 aromatic heterocycles. The molecule has 0 bridgehead atoms. The first-order valence-corrected chi connectivity index (χ1v) is 11.1. The monoisotopic (exact) mass is 537 g/mol. The van der Waals surface area contributed by atoms with Crippen molar-refractivity contribution in [2.75, 3.05) is 7.11 Å². The third kappa shape index (κ3) is 6.18. The Morgan fingerprint density at radius 2 is 1.61 bits per heavy atom. The average molecular weight is 537 g/mol. The minimum Gasteiger partial charge on any atom is -0.497 e. The van der Waals surface area contributed by atoms with Crippen LogP contribution in [-0.4, -0.2) is 22.1 Å². The van der Waals surface area contributed by atoms with Gasteiger partial charge >= 0.3 is 12.4 Å². The Morgan fingerprint density at radius 3 is 2.24 bits per heavy atom. The zero-order valence-corrected chi connectivity index (χ0v) is 20.1. The van der Waals surface area contributed by atoms with Gasteiger partial charge in [-0.05, 0) is 47.9 Å². The highest BCUT2D eigenvalue weighted by Gasteiger charge is 2.35. The lowest BCUT2D eigenvalue weighted by Crippen LogP contribution is -2.12. The van der Waals surface area contributed by atoms with Gasteiger partial charge in [0.2, 0.25) is 5.88 Å². The van der Waals surface area contributed by atoms with Crippen molar-refractivity contribution < 1.29 is 40.6 Å². The molecule has 0 saturated carbocycles. The van der Waals surface area contributed by atoms with Gasteiger partial charge in [-0.25, -0.2) is 4.98 Å². The van der Waals surface area contributed by atoms with Crippen molar-refractivity contribution in [1.29, 1.82) is 0 Å². The van der Waals surface area contributed by atoms with Gasteiger partial charge in [0.25, 0.3) is 0 Å². The summed E-state index contributed by atoms with van der Waals surface area (Å²) in [4.78, 5) is 10.1. The first-order chi connectivity index (χ1) is 18.0. The number of aromatic amines is 1. The fourth-order valence-corrected chi connectivity index (χ4v) is 3.59. The summed E-state index contributed by atoms with van der Waals surface area (Å²) in [5.41, 5.74) is -0.621. The quantitative estimate of drug-likeness (QED) is 0.246. The molecule has 0 aliphatic carbocycles. The van der Waals surface area contributed by atoms with Crippen LogP contribution >= 0.6 is 0 Å². The van der Waals surface area contributed by atoms with Crippen LogP contribution in [0.2, 0.25) is 0 Å². The molecular formula is C26H21F6N3O3. The van der Waals surface area contributed by atoms with Crippen molar-refractivity contribution in [2.24, 2.45) is 0 Å². The maximum atomic E-state index is 13.2. The molecular weight excluding hydrogens is 516 g/mol. The molecule has 6 nitrogen and oxygen atoms in total. The second-order valence-electron chi connectivity index (χ2n) is 8.19. The highest BCUT2D eigenvalue weighted by molar-refractivity contribution is 5.68. The molecule has 4 rings (SSSR count). The fraction of sp³-hybridized carbons (Fsp3) is 0.231. The van der Waals surface area contributed by atoms with Crippen LogP contribution < -0.4 is 14.2 Å². The summed E-state index contributed by atoms with van der Waals surface area (Å²) in [6.45, 7) is 1.10. The first-order valence-electron chi connectivity index (χ1n) is 11.1. The second kappa shape index (κ2) is 10.6. The van der Waals surface area contributed by atoms with Crippen LogP contribution in [0.3, 0.4) is 0 Å². The van der Waals surface area contributed by atoms with Crippen molar-refractivity contribution >= 4 is 0 Å². The molecule has 0 spiro atoms. The SMILES string of the molecule is COc1ccc(COc2cc(OCc3ccnc(C(F)(F)F)c3C)ncc2-c2cc(C(F)(F)F)c[nH]2)cc1. The molecule has 4 aromatic rings. The molecule has 0 amide bonds. The number of nitrogens with zero attached hydrogens (tertiary/aromatic N) is 2. The third-order valence-corrected chi connectivity index (χ3v) is 5.66. The number of hydrogen-bond acceptors (Lipinski definition) is 5. The van der Waals surface area contributed by atoms with Crippen LogP contribution in [-0.2, 0) is 25.6 Å². The van der Waals surface area contributed by atoms with Gasteiger partial charge in [0.15, 0.2) is 0 Å². The van der Waals surface area contributed by atoms with Crippen LogP contribution in [0.5, 0.6) is 17.4 Å². The van der Waals surface area contributed by atoms with E-state index in [1.165, 1.54) is 32.4 Å². The standard InChI is InChI=1S/C26H21F6N3O3/c1-15-17(7-8-33-24(15)26(30,31)32)14-38-23-10-22(37-13-16-3-5-19(36-2)6-4-16)20(12-35-23)21-9-18(11-34-21)25(27,28)29/h3-12,34H,13-14H2,1-2H3. The van der Waals surface area contributed by atoms with Crippen LogP contribution in [0.25, 0.3) is 11.3 Å². The lowest BCUT2D eigenvalue weighted by atomic mass is 10.1. The topological polar surface area (TPSA) is 69.3 Å². The molecule has 12 heteroatoms. The van der Waals surface area contributed by atoms with Crippen molar-refractivity contribution in [3.05, 3.63) is 89.0 Å². The van der Waals surface area contributed by atoms with Crippen molar-refractivity contribution in [1.82, 2.24) is 15.0 Å². The molecule has 0 radical (unpaired) electrons. The largest absolute Gasteiger partial charge is 0.497 e. The molecule has 3 heterocycles. The van der Waals surface area contributed by atoms with Crippen LogP contribution in [0.4, 0.5) is 26.3 Å². The van der Waals surface area contributed by atoms with Gasteiger partial charge in [-0.2, -0.15) is 26.3 Å². The predicted octanol–water partition coefficient (Wildman–Crippen LogP) is 6.98. The molecule has 0 unspecified atom stereocenters. The summed E-state index contributed by atoms with van der Waals surface area (Å²) in [7, 11) is 1.53. The summed E-state index contributed by atoms with van der Waals surface area (Å²) < 4.78 is 95.6. The Balaban J connectivity index is 1.61. The van der Waals surface area contributed by atoms with Gasteiger partial charge in [-0.1, -0.05) is 12.1 Å². The number of pyridine rings is 2. The maximum absolute atomic E-state index is 13.2. The molecule has 200 valence electrons. The van der Waals surface area contributed by atoms with Crippen LogP contribution in [0, 0.1) is 6.92 Å². The van der Waals surface area contributed by atoms with Gasteiger partial charge < -0.3 is 19.2 Å². The lowest BCUT2D eigenvalue weighted by molar-refractivity contribution is -0.141. The van der Waals surface area contributed by atoms with E-state index in [1.54, 1.807) is 24.3 Å². The number of hydrogen-bond donors (Lipinski definition) is 1. The zero-order valence-electron chi connectivity index (χ0n) is 20.1. The lowest BCUT2D eigenvalue weighted by Gasteiger charge is -2.15. The van der Waals surface area contributed by atoms with E-state index in [9.17, 15) is 26.3 Å². The van der Waals surface area contributed by atoms with Crippen molar-refractivity contribution in [3.8, 4) is 28.6 Å². The van der Waals surface area contributed by atoms with Gasteiger partial charge in [0.05, 0.1) is 23.9 Å². The number of benzene rings is 1. The number of halogens is 6. The molecule has 1 aromatic carbocycles. The first kappa shape index (κ1) is 26.8. The Bertz CT molecular complexity index is 1400. The van der Waals surface area contributed by atoms with E-state index >= 15 is 0 Å². The minimum absolute atomic E-state index is 0.00542. The fourth-order valence-electron chi connectivity index (χ4n) is 3.59. The summed E-state index contributed by atoms with van der Waals surface area (Å²) in [6.07, 6.45) is -6.03. The number of methoxy groups -OCH3 is 1. The molecule has 38 heavy (non-hydrogen) atoms. The van der Waals surface area contributed by atoms with E-state index in [2.05, 4.69) is 15.0 Å². The number of aromatic nitrogens is 3. The molecule has 0 fully saturated rings. The van der Waals surface area contributed by atoms with Gasteiger partial charge in [0, 0.05) is 24.7 Å². The predicted molar refractivity (Wildman–Crippen MR) is 125 cm³/mol. The summed E-state index contributed by atoms with van der Waals surface area (Å²) in [5.74, 6) is 0.801. The molecule has 0 aliphatic heterocycles. The van der Waals surface area contributed by atoms with E-state index in [0.29, 0.717) is 5.75 Å². The smallest absolute Gasteiger partial charge is 0.433 e. The Hall–Kier alpha value is -4.22. The van der Waals surface area contributed by atoms with Crippen molar-refractivity contribution in [3.63, 3.8) is 0 Å². The molecule has 1 N–H and O–H groups in total. The second-order valence-corrected chi connectivity index (χ2v) is 8.19. The number of nitrogens with one attached hydrogen (secondary N) is 1. The normalized spacial score (nSPS) is 11.9. The van der Waals surface area contributed by atoms with Gasteiger partial charge in [-0.15, -0.1) is 0 Å². The highest BCUT2D eigenvalue weighted by atomic mass is 19.4. The van der Waals surface area contributed by atoms with E-state index in [1.807, 2.05) is 0 Å². The van der Waals surface area contributed by atoms with E-state index in [-0.39, 0.29) is 47.2 Å². The number of alkyl halides is 6. The van der Waals surface area contributed by atoms with Gasteiger partial charge in [0.1, 0.15) is 30.4 Å². The van der Waals surface area contributed by atoms with Crippen molar-refractivity contribution in [2.45, 2.75) is 32.5 Å². The third-order valence-electron chi connectivity index (χ3n) is 5.66. The summed E-state index contributed by atoms with van der Waals surface area (Å²) in [5, 5.41) is 0. The minimum atomic E-state index is -4.62. The zero-order chi connectivity index (χ0) is 27.5. The number of ether oxygens (including phenoxy) is 3. The Kier molecular flexibility index (Phi) is 7.51. The van der Waals surface area contributed by atoms with Gasteiger partial charge in [-0.3, -0.25) is 4.98 Å². The van der Waals surface area contributed by atoms with Crippen LogP contribution in [0.1, 0.15) is 27.9 Å². The maximum Gasteiger partial charge on any atom is 0.433 e. The summed E-state index contributed by atoms with van der Waals surface area (Å²) >= 11 is 0. The summed E-state index contributed by atoms with van der Waals surface area (Å²) in [6, 6.07) is 10.7. The average Bonchev–Trinajstić information content (AvgIpc) is 3.37. The van der Waals surface area contributed by atoms with E-state index in [4.69, 9.17) is 14.2 Å².